The minimum atomic E-state index is -2.38. The van der Waals surface area contributed by atoms with Gasteiger partial charge < -0.3 is 0 Å². The first kappa shape index (κ1) is 13.7. The SMILES string of the molecule is O=C1NC(=O)N(c2ccc(Br)c3ccccc23)C(=O)C1F. The van der Waals surface area contributed by atoms with Crippen LogP contribution >= 0.6 is 15.9 Å². The Morgan fingerprint density at radius 1 is 1.05 bits per heavy atom. The number of anilines is 1. The van der Waals surface area contributed by atoms with Crippen molar-refractivity contribution in [3.05, 3.63) is 40.9 Å². The molecule has 3 rings (SSSR count). The topological polar surface area (TPSA) is 66.5 Å². The van der Waals surface area contributed by atoms with Crippen molar-refractivity contribution in [2.45, 2.75) is 6.17 Å². The van der Waals surface area contributed by atoms with Crippen LogP contribution in [0.2, 0.25) is 0 Å². The average molecular weight is 351 g/mol. The average Bonchev–Trinajstić information content (AvgIpc) is 2.47. The molecule has 0 saturated carbocycles. The zero-order valence-corrected chi connectivity index (χ0v) is 12.1. The molecule has 0 spiro atoms. The number of alkyl halides is 1. The zero-order valence-electron chi connectivity index (χ0n) is 10.5. The number of amides is 4. The molecule has 1 atom stereocenters. The normalized spacial score (nSPS) is 19.0. The van der Waals surface area contributed by atoms with E-state index in [2.05, 4.69) is 15.9 Å². The molecule has 1 unspecified atom stereocenters. The van der Waals surface area contributed by atoms with E-state index < -0.39 is 24.0 Å². The summed E-state index contributed by atoms with van der Waals surface area (Å²) in [7, 11) is 0. The quantitative estimate of drug-likeness (QED) is 0.803. The van der Waals surface area contributed by atoms with E-state index in [4.69, 9.17) is 0 Å². The molecule has 2 aromatic rings. The maximum absolute atomic E-state index is 13.6. The molecule has 1 heterocycles. The summed E-state index contributed by atoms with van der Waals surface area (Å²) in [5, 5.41) is 3.19. The van der Waals surface area contributed by atoms with Crippen LogP contribution in [0.3, 0.4) is 0 Å². The number of nitrogens with zero attached hydrogens (tertiary/aromatic N) is 1. The zero-order chi connectivity index (χ0) is 15.1. The van der Waals surface area contributed by atoms with Gasteiger partial charge in [-0.1, -0.05) is 40.2 Å². The second-order valence-electron chi connectivity index (χ2n) is 4.44. The fourth-order valence-corrected chi connectivity index (χ4v) is 2.70. The molecular formula is C14H8BrFN2O3. The maximum Gasteiger partial charge on any atom is 0.335 e. The largest absolute Gasteiger partial charge is 0.335 e. The summed E-state index contributed by atoms with van der Waals surface area (Å²) in [5.41, 5.74) is 0.228. The molecule has 0 aromatic heterocycles. The highest BCUT2D eigenvalue weighted by Crippen LogP contribution is 2.33. The lowest BCUT2D eigenvalue weighted by Gasteiger charge is -2.27. The van der Waals surface area contributed by atoms with Gasteiger partial charge in [0.2, 0.25) is 0 Å². The Morgan fingerprint density at radius 2 is 1.71 bits per heavy atom. The molecule has 1 N–H and O–H groups in total. The molecule has 5 nitrogen and oxygen atoms in total. The second kappa shape index (κ2) is 4.92. The number of hydrogen-bond acceptors (Lipinski definition) is 3. The van der Waals surface area contributed by atoms with Crippen LogP contribution in [-0.4, -0.2) is 24.0 Å². The molecule has 0 radical (unpaired) electrons. The molecule has 1 fully saturated rings. The van der Waals surface area contributed by atoms with E-state index in [1.54, 1.807) is 30.3 Å². The van der Waals surface area contributed by atoms with E-state index >= 15 is 0 Å². The number of carbonyl (C=O) groups excluding carboxylic acids is 3. The van der Waals surface area contributed by atoms with Crippen molar-refractivity contribution in [3.63, 3.8) is 0 Å². The summed E-state index contributed by atoms with van der Waals surface area (Å²) in [5.74, 6) is -2.42. The standard InChI is InChI=1S/C14H8BrFN2O3/c15-9-5-6-10(8-4-2-1-3-7(8)9)18-13(20)11(16)12(19)17-14(18)21/h1-6,11H,(H,17,19,21). The van der Waals surface area contributed by atoms with E-state index in [0.29, 0.717) is 10.3 Å². The maximum atomic E-state index is 13.6. The molecule has 1 aliphatic rings. The Morgan fingerprint density at radius 3 is 2.43 bits per heavy atom. The van der Waals surface area contributed by atoms with Crippen LogP contribution in [0.25, 0.3) is 10.8 Å². The van der Waals surface area contributed by atoms with Crippen molar-refractivity contribution in [2.75, 3.05) is 4.90 Å². The molecule has 0 aliphatic carbocycles. The van der Waals surface area contributed by atoms with Gasteiger partial charge in [-0.25, -0.2) is 14.1 Å². The summed E-state index contributed by atoms with van der Waals surface area (Å²) >= 11 is 3.37. The highest BCUT2D eigenvalue weighted by Gasteiger charge is 2.42. The monoisotopic (exact) mass is 350 g/mol. The van der Waals surface area contributed by atoms with Crippen molar-refractivity contribution < 1.29 is 18.8 Å². The number of urea groups is 1. The lowest BCUT2D eigenvalue weighted by Crippen LogP contribution is -2.59. The smallest absolute Gasteiger partial charge is 0.274 e. The molecule has 1 aliphatic heterocycles. The number of carbonyl (C=O) groups is 3. The van der Waals surface area contributed by atoms with Crippen LogP contribution in [0, 0.1) is 0 Å². The van der Waals surface area contributed by atoms with Gasteiger partial charge in [0.15, 0.2) is 0 Å². The number of barbiturate groups is 1. The Balaban J connectivity index is 2.21. The van der Waals surface area contributed by atoms with Gasteiger partial charge in [0.1, 0.15) is 0 Å². The Bertz CT molecular complexity index is 793. The highest BCUT2D eigenvalue weighted by molar-refractivity contribution is 9.10. The molecule has 0 bridgehead atoms. The lowest BCUT2D eigenvalue weighted by atomic mass is 10.1. The number of benzene rings is 2. The predicted octanol–water partition coefficient (Wildman–Crippen LogP) is 2.52. The number of halogens is 2. The summed E-state index contributed by atoms with van der Waals surface area (Å²) in [6.07, 6.45) is -2.38. The number of hydrogen-bond donors (Lipinski definition) is 1. The van der Waals surface area contributed by atoms with Crippen molar-refractivity contribution in [1.29, 1.82) is 0 Å². The van der Waals surface area contributed by atoms with E-state index in [1.165, 1.54) is 6.07 Å². The van der Waals surface area contributed by atoms with Gasteiger partial charge in [-0.3, -0.25) is 14.9 Å². The number of rotatable bonds is 1. The van der Waals surface area contributed by atoms with Crippen molar-refractivity contribution in [1.82, 2.24) is 5.32 Å². The highest BCUT2D eigenvalue weighted by atomic mass is 79.9. The van der Waals surface area contributed by atoms with Crippen LogP contribution in [-0.2, 0) is 9.59 Å². The molecule has 1 saturated heterocycles. The minimum Gasteiger partial charge on any atom is -0.274 e. The summed E-state index contributed by atoms with van der Waals surface area (Å²) in [6, 6.07) is 9.27. The molecule has 2 aromatic carbocycles. The fourth-order valence-electron chi connectivity index (χ4n) is 2.22. The number of nitrogens with one attached hydrogen (secondary N) is 1. The summed E-state index contributed by atoms with van der Waals surface area (Å²) in [4.78, 5) is 35.6. The van der Waals surface area contributed by atoms with Crippen molar-refractivity contribution in [3.8, 4) is 0 Å². The first-order valence-electron chi connectivity index (χ1n) is 6.01. The Hall–Kier alpha value is -2.28. The minimum absolute atomic E-state index is 0.228. The van der Waals surface area contributed by atoms with Crippen LogP contribution in [0.5, 0.6) is 0 Å². The molecule has 106 valence electrons. The molecule has 4 amide bonds. The van der Waals surface area contributed by atoms with Gasteiger partial charge in [0.25, 0.3) is 18.0 Å². The number of imide groups is 2. The first-order valence-corrected chi connectivity index (χ1v) is 6.80. The van der Waals surface area contributed by atoms with Gasteiger partial charge in [0, 0.05) is 9.86 Å². The van der Waals surface area contributed by atoms with E-state index in [9.17, 15) is 18.8 Å². The molecule has 7 heteroatoms. The van der Waals surface area contributed by atoms with Crippen LogP contribution in [0.15, 0.2) is 40.9 Å². The van der Waals surface area contributed by atoms with E-state index in [1.807, 2.05) is 5.32 Å². The van der Waals surface area contributed by atoms with E-state index in [0.717, 1.165) is 9.86 Å². The Labute approximate surface area is 126 Å². The number of fused-ring (bicyclic) bond motifs is 1. The van der Waals surface area contributed by atoms with Gasteiger partial charge in [-0.05, 0) is 17.5 Å². The van der Waals surface area contributed by atoms with Crippen LogP contribution in [0.4, 0.5) is 14.9 Å². The third-order valence-corrected chi connectivity index (χ3v) is 3.88. The second-order valence-corrected chi connectivity index (χ2v) is 5.30. The van der Waals surface area contributed by atoms with E-state index in [-0.39, 0.29) is 5.69 Å². The first-order chi connectivity index (χ1) is 10.0. The third kappa shape index (κ3) is 2.09. The van der Waals surface area contributed by atoms with Crippen LogP contribution in [0.1, 0.15) is 0 Å². The summed E-state index contributed by atoms with van der Waals surface area (Å²) < 4.78 is 14.4. The summed E-state index contributed by atoms with van der Waals surface area (Å²) in [6.45, 7) is 0. The third-order valence-electron chi connectivity index (χ3n) is 3.19. The van der Waals surface area contributed by atoms with Crippen molar-refractivity contribution >= 4 is 50.2 Å². The van der Waals surface area contributed by atoms with Crippen molar-refractivity contribution in [2.24, 2.45) is 0 Å². The molecular weight excluding hydrogens is 343 g/mol. The van der Waals surface area contributed by atoms with Gasteiger partial charge in [0.05, 0.1) is 5.69 Å². The Kier molecular flexibility index (Phi) is 3.21. The van der Waals surface area contributed by atoms with Gasteiger partial charge in [-0.15, -0.1) is 0 Å². The van der Waals surface area contributed by atoms with Crippen LogP contribution < -0.4 is 10.2 Å². The predicted molar refractivity (Wildman–Crippen MR) is 77.6 cm³/mol. The fraction of sp³-hybridized carbons (Fsp3) is 0.0714. The van der Waals surface area contributed by atoms with Gasteiger partial charge in [-0.2, -0.15) is 0 Å². The molecule has 21 heavy (non-hydrogen) atoms. The lowest BCUT2D eigenvalue weighted by molar-refractivity contribution is -0.135. The van der Waals surface area contributed by atoms with Gasteiger partial charge >= 0.3 is 6.03 Å².